The molecule has 0 aromatic carbocycles. The Morgan fingerprint density at radius 2 is 2.00 bits per heavy atom. The van der Waals surface area contributed by atoms with E-state index in [1.165, 1.54) is 6.92 Å². The van der Waals surface area contributed by atoms with E-state index in [0.29, 0.717) is 6.42 Å². The zero-order chi connectivity index (χ0) is 13.4. The number of rotatable bonds is 3. The van der Waals surface area contributed by atoms with E-state index in [4.69, 9.17) is 0 Å². The number of aliphatic hydroxyl groups excluding tert-OH is 4. The molecule has 6 atom stereocenters. The molecule has 0 aromatic rings. The van der Waals surface area contributed by atoms with Crippen LogP contribution in [0.5, 0.6) is 0 Å². The molecule has 5 N–H and O–H groups in total. The van der Waals surface area contributed by atoms with Gasteiger partial charge in [-0.25, -0.2) is 0 Å². The molecule has 2 aliphatic rings. The lowest BCUT2D eigenvalue weighted by molar-refractivity contribution is -0.119. The van der Waals surface area contributed by atoms with E-state index in [9.17, 15) is 25.2 Å². The van der Waals surface area contributed by atoms with Gasteiger partial charge in [0.05, 0.1) is 37.0 Å². The Bertz CT molecular complexity index is 327. The first-order valence-corrected chi connectivity index (χ1v) is 6.14. The van der Waals surface area contributed by atoms with E-state index in [1.807, 2.05) is 0 Å². The second-order valence-electron chi connectivity index (χ2n) is 5.06. The summed E-state index contributed by atoms with van der Waals surface area (Å²) in [6.07, 6.45) is -2.50. The monoisotopic (exact) mass is 260 g/mol. The molecule has 7 nitrogen and oxygen atoms in total. The van der Waals surface area contributed by atoms with Crippen molar-refractivity contribution >= 4 is 5.91 Å². The maximum atomic E-state index is 10.9. The SMILES string of the molecule is CC(=O)NC[C@H]1[C@H](O)[C@H](O)C2[C@H](O)C[C@H](CO)N21. The van der Waals surface area contributed by atoms with Crippen LogP contribution < -0.4 is 5.32 Å². The number of fused-ring (bicyclic) bond motifs is 1. The third kappa shape index (κ3) is 2.12. The van der Waals surface area contributed by atoms with Gasteiger partial charge in [-0.1, -0.05) is 0 Å². The normalized spacial score (nSPS) is 44.1. The Labute approximate surface area is 105 Å². The summed E-state index contributed by atoms with van der Waals surface area (Å²) in [7, 11) is 0. The molecule has 18 heavy (non-hydrogen) atoms. The topological polar surface area (TPSA) is 113 Å². The van der Waals surface area contributed by atoms with E-state index >= 15 is 0 Å². The van der Waals surface area contributed by atoms with Crippen molar-refractivity contribution in [1.29, 1.82) is 0 Å². The fraction of sp³-hybridized carbons (Fsp3) is 0.909. The largest absolute Gasteiger partial charge is 0.395 e. The number of aliphatic hydroxyl groups is 4. The van der Waals surface area contributed by atoms with Crippen molar-refractivity contribution in [2.75, 3.05) is 13.2 Å². The lowest BCUT2D eigenvalue weighted by Gasteiger charge is -2.29. The summed E-state index contributed by atoms with van der Waals surface area (Å²) in [5.41, 5.74) is 0. The summed E-state index contributed by atoms with van der Waals surface area (Å²) in [6.45, 7) is 1.41. The maximum absolute atomic E-state index is 10.9. The van der Waals surface area contributed by atoms with Crippen molar-refractivity contribution in [2.45, 2.75) is 49.8 Å². The molecule has 2 heterocycles. The summed E-state index contributed by atoms with van der Waals surface area (Å²) >= 11 is 0. The minimum absolute atomic E-state index is 0.149. The van der Waals surface area contributed by atoms with Crippen molar-refractivity contribution in [3.63, 3.8) is 0 Å². The van der Waals surface area contributed by atoms with Crippen molar-refractivity contribution < 1.29 is 25.2 Å². The first kappa shape index (κ1) is 13.7. The number of carbonyl (C=O) groups excluding carboxylic acids is 1. The third-order valence-electron chi connectivity index (χ3n) is 3.92. The van der Waals surface area contributed by atoms with Crippen LogP contribution in [0.1, 0.15) is 13.3 Å². The van der Waals surface area contributed by atoms with E-state index in [0.717, 1.165) is 0 Å². The van der Waals surface area contributed by atoms with Gasteiger partial charge in [-0.15, -0.1) is 0 Å². The number of hydrogen-bond acceptors (Lipinski definition) is 6. The highest BCUT2D eigenvalue weighted by atomic mass is 16.3. The predicted octanol–water partition coefficient (Wildman–Crippen LogP) is -2.98. The maximum Gasteiger partial charge on any atom is 0.216 e. The summed E-state index contributed by atoms with van der Waals surface area (Å²) < 4.78 is 0. The minimum atomic E-state index is -1.06. The smallest absolute Gasteiger partial charge is 0.216 e. The van der Waals surface area contributed by atoms with Gasteiger partial charge < -0.3 is 25.7 Å². The third-order valence-corrected chi connectivity index (χ3v) is 3.92. The average molecular weight is 260 g/mol. The van der Waals surface area contributed by atoms with Crippen molar-refractivity contribution in [3.05, 3.63) is 0 Å². The van der Waals surface area contributed by atoms with E-state index in [-0.39, 0.29) is 25.1 Å². The van der Waals surface area contributed by atoms with E-state index < -0.39 is 30.4 Å². The second-order valence-corrected chi connectivity index (χ2v) is 5.06. The van der Waals surface area contributed by atoms with Crippen LogP contribution in [0.4, 0.5) is 0 Å². The molecule has 0 aromatic heterocycles. The van der Waals surface area contributed by atoms with Crippen LogP contribution in [-0.4, -0.2) is 80.8 Å². The highest BCUT2D eigenvalue weighted by Gasteiger charge is 2.56. The van der Waals surface area contributed by atoms with Gasteiger partial charge in [0, 0.05) is 19.5 Å². The van der Waals surface area contributed by atoms with Crippen LogP contribution in [-0.2, 0) is 4.79 Å². The summed E-state index contributed by atoms with van der Waals surface area (Å²) in [5.74, 6) is -0.222. The Hall–Kier alpha value is -0.730. The molecule has 2 saturated heterocycles. The number of nitrogens with zero attached hydrogens (tertiary/aromatic N) is 1. The minimum Gasteiger partial charge on any atom is -0.395 e. The average Bonchev–Trinajstić information content (AvgIpc) is 2.76. The molecular weight excluding hydrogens is 240 g/mol. The van der Waals surface area contributed by atoms with Crippen LogP contribution in [0, 0.1) is 0 Å². The molecule has 0 radical (unpaired) electrons. The molecule has 1 unspecified atom stereocenters. The molecule has 2 aliphatic heterocycles. The molecule has 104 valence electrons. The summed E-state index contributed by atoms with van der Waals surface area (Å²) in [5, 5.41) is 41.7. The van der Waals surface area contributed by atoms with Gasteiger partial charge >= 0.3 is 0 Å². The van der Waals surface area contributed by atoms with Crippen LogP contribution in [0.25, 0.3) is 0 Å². The molecule has 7 heteroatoms. The highest BCUT2D eigenvalue weighted by molar-refractivity contribution is 5.72. The number of amides is 1. The van der Waals surface area contributed by atoms with E-state index in [1.54, 1.807) is 4.90 Å². The zero-order valence-electron chi connectivity index (χ0n) is 10.2. The molecule has 2 fully saturated rings. The number of nitrogens with one attached hydrogen (secondary N) is 1. The van der Waals surface area contributed by atoms with Crippen LogP contribution in [0.3, 0.4) is 0 Å². The lowest BCUT2D eigenvalue weighted by Crippen LogP contribution is -2.49. The Morgan fingerprint density at radius 1 is 1.33 bits per heavy atom. The Kier molecular flexibility index (Phi) is 3.88. The summed E-state index contributed by atoms with van der Waals surface area (Å²) in [6, 6.07) is -1.35. The molecule has 0 aliphatic carbocycles. The first-order valence-electron chi connectivity index (χ1n) is 6.14. The van der Waals surface area contributed by atoms with Gasteiger partial charge in [-0.05, 0) is 6.42 Å². The van der Waals surface area contributed by atoms with Crippen LogP contribution in [0.15, 0.2) is 0 Å². The molecule has 0 spiro atoms. The Morgan fingerprint density at radius 3 is 2.56 bits per heavy atom. The fourth-order valence-electron chi connectivity index (χ4n) is 3.13. The van der Waals surface area contributed by atoms with Gasteiger partial charge in [-0.3, -0.25) is 9.69 Å². The fourth-order valence-corrected chi connectivity index (χ4v) is 3.13. The number of hydrogen-bond donors (Lipinski definition) is 5. The van der Waals surface area contributed by atoms with Crippen LogP contribution >= 0.6 is 0 Å². The standard InChI is InChI=1S/C11H20N2O5/c1-5(15)12-3-7-10(17)11(18)9-8(16)2-6(4-14)13(7)9/h6-11,14,16-18H,2-4H2,1H3,(H,12,15)/t6-,7+,8-,9?,10+,11-/m1/s1. The van der Waals surface area contributed by atoms with Gasteiger partial charge in [0.2, 0.25) is 5.91 Å². The molecular formula is C11H20N2O5. The van der Waals surface area contributed by atoms with Gasteiger partial charge in [0.1, 0.15) is 0 Å². The molecule has 2 rings (SSSR count). The molecule has 0 bridgehead atoms. The highest BCUT2D eigenvalue weighted by Crippen LogP contribution is 2.37. The van der Waals surface area contributed by atoms with Gasteiger partial charge in [-0.2, -0.15) is 0 Å². The second kappa shape index (κ2) is 5.10. The lowest BCUT2D eigenvalue weighted by atomic mass is 10.0. The van der Waals surface area contributed by atoms with E-state index in [2.05, 4.69) is 5.32 Å². The van der Waals surface area contributed by atoms with Crippen molar-refractivity contribution in [2.24, 2.45) is 0 Å². The summed E-state index contributed by atoms with van der Waals surface area (Å²) in [4.78, 5) is 12.7. The molecule has 1 amide bonds. The molecule has 0 saturated carbocycles. The quantitative estimate of drug-likeness (QED) is 0.370. The first-order chi connectivity index (χ1) is 8.47. The number of carbonyl (C=O) groups is 1. The predicted molar refractivity (Wildman–Crippen MR) is 61.6 cm³/mol. The Balaban J connectivity index is 2.15. The van der Waals surface area contributed by atoms with Crippen molar-refractivity contribution in [3.8, 4) is 0 Å². The van der Waals surface area contributed by atoms with Crippen LogP contribution in [0.2, 0.25) is 0 Å². The zero-order valence-corrected chi connectivity index (χ0v) is 10.2. The van der Waals surface area contributed by atoms with Crippen molar-refractivity contribution in [1.82, 2.24) is 10.2 Å². The van der Waals surface area contributed by atoms with Gasteiger partial charge in [0.15, 0.2) is 0 Å². The van der Waals surface area contributed by atoms with Gasteiger partial charge in [0.25, 0.3) is 0 Å².